The van der Waals surface area contributed by atoms with Crippen LogP contribution in [-0.2, 0) is 9.59 Å². The fraction of sp³-hybridized carbons (Fsp3) is 0.227. The van der Waals surface area contributed by atoms with Crippen molar-refractivity contribution >= 4 is 29.6 Å². The smallest absolute Gasteiger partial charge is 0.335 e. The normalized spacial score (nSPS) is 16.0. The Hall–Kier alpha value is -3.41. The van der Waals surface area contributed by atoms with E-state index in [0.717, 1.165) is 16.0 Å². The molecule has 0 bridgehead atoms. The van der Waals surface area contributed by atoms with Crippen LogP contribution in [0.5, 0.6) is 5.75 Å². The molecule has 0 spiro atoms. The fourth-order valence-corrected chi connectivity index (χ4v) is 2.87. The first-order valence-electron chi connectivity index (χ1n) is 9.02. The topological polar surface area (TPSA) is 75.7 Å². The van der Waals surface area contributed by atoms with Gasteiger partial charge in [0.15, 0.2) is 0 Å². The van der Waals surface area contributed by atoms with Gasteiger partial charge < -0.3 is 4.74 Å². The number of para-hydroxylation sites is 1. The van der Waals surface area contributed by atoms with Crippen molar-refractivity contribution in [3.63, 3.8) is 0 Å². The SMILES string of the molecule is Cc1ccc(N2C(=O)NC(=O)/C(=C\c3ccccc3OC(C)C)C2=O)cc1C. The summed E-state index contributed by atoms with van der Waals surface area (Å²) in [6.07, 6.45) is 1.39. The monoisotopic (exact) mass is 378 g/mol. The van der Waals surface area contributed by atoms with E-state index in [1.165, 1.54) is 6.08 Å². The Balaban J connectivity index is 2.03. The van der Waals surface area contributed by atoms with Gasteiger partial charge >= 0.3 is 6.03 Å². The number of hydrogen-bond acceptors (Lipinski definition) is 4. The average Bonchev–Trinajstić information content (AvgIpc) is 2.62. The minimum atomic E-state index is -0.762. The number of nitrogens with one attached hydrogen (secondary N) is 1. The van der Waals surface area contributed by atoms with Crippen LogP contribution in [0.3, 0.4) is 0 Å². The summed E-state index contributed by atoms with van der Waals surface area (Å²) in [5.74, 6) is -0.842. The van der Waals surface area contributed by atoms with Gasteiger partial charge in [-0.05, 0) is 63.1 Å². The van der Waals surface area contributed by atoms with Crippen molar-refractivity contribution in [3.8, 4) is 5.75 Å². The molecule has 3 rings (SSSR count). The van der Waals surface area contributed by atoms with E-state index in [2.05, 4.69) is 5.32 Å². The van der Waals surface area contributed by atoms with Crippen LogP contribution >= 0.6 is 0 Å². The second kappa shape index (κ2) is 7.68. The van der Waals surface area contributed by atoms with E-state index in [4.69, 9.17) is 4.74 Å². The number of aryl methyl sites for hydroxylation is 2. The van der Waals surface area contributed by atoms with Gasteiger partial charge in [-0.25, -0.2) is 9.69 Å². The molecule has 0 aliphatic carbocycles. The Bertz CT molecular complexity index is 992. The highest BCUT2D eigenvalue weighted by Crippen LogP contribution is 2.27. The molecule has 1 N–H and O–H groups in total. The average molecular weight is 378 g/mol. The Morgan fingerprint density at radius 3 is 2.39 bits per heavy atom. The molecule has 28 heavy (non-hydrogen) atoms. The number of ether oxygens (including phenoxy) is 1. The molecule has 1 fully saturated rings. The molecule has 6 heteroatoms. The number of nitrogens with zero attached hydrogens (tertiary/aromatic N) is 1. The van der Waals surface area contributed by atoms with Gasteiger partial charge in [-0.3, -0.25) is 14.9 Å². The predicted octanol–water partition coefficient (Wildman–Crippen LogP) is 3.76. The number of anilines is 1. The number of barbiturate groups is 1. The highest BCUT2D eigenvalue weighted by Gasteiger charge is 2.37. The number of carbonyl (C=O) groups excluding carboxylic acids is 3. The third-order valence-corrected chi connectivity index (χ3v) is 4.43. The highest BCUT2D eigenvalue weighted by atomic mass is 16.5. The molecule has 144 valence electrons. The zero-order chi connectivity index (χ0) is 20.4. The lowest BCUT2D eigenvalue weighted by molar-refractivity contribution is -0.122. The van der Waals surface area contributed by atoms with E-state index in [-0.39, 0.29) is 11.7 Å². The third kappa shape index (κ3) is 3.81. The number of imide groups is 2. The standard InChI is InChI=1S/C22H22N2O4/c1-13(2)28-19-8-6-5-7-16(19)12-18-20(25)23-22(27)24(21(18)26)17-10-9-14(3)15(4)11-17/h5-13H,1-4H3,(H,23,25,27)/b18-12+. The molecule has 6 nitrogen and oxygen atoms in total. The van der Waals surface area contributed by atoms with Crippen molar-refractivity contribution in [1.82, 2.24) is 5.32 Å². The lowest BCUT2D eigenvalue weighted by Gasteiger charge is -2.27. The largest absolute Gasteiger partial charge is 0.490 e. The van der Waals surface area contributed by atoms with E-state index in [1.807, 2.05) is 39.8 Å². The Morgan fingerprint density at radius 1 is 1.00 bits per heavy atom. The minimum Gasteiger partial charge on any atom is -0.490 e. The van der Waals surface area contributed by atoms with E-state index in [9.17, 15) is 14.4 Å². The second-order valence-electron chi connectivity index (χ2n) is 6.93. The summed E-state index contributed by atoms with van der Waals surface area (Å²) in [7, 11) is 0. The van der Waals surface area contributed by atoms with Crippen molar-refractivity contribution in [2.75, 3.05) is 4.90 Å². The number of amides is 4. The van der Waals surface area contributed by atoms with Gasteiger partial charge in [-0.1, -0.05) is 24.3 Å². The molecule has 1 aliphatic rings. The van der Waals surface area contributed by atoms with Crippen molar-refractivity contribution < 1.29 is 19.1 Å². The zero-order valence-corrected chi connectivity index (χ0v) is 16.3. The zero-order valence-electron chi connectivity index (χ0n) is 16.3. The van der Waals surface area contributed by atoms with Gasteiger partial charge in [0, 0.05) is 5.56 Å². The summed E-state index contributed by atoms with van der Waals surface area (Å²) < 4.78 is 5.75. The summed E-state index contributed by atoms with van der Waals surface area (Å²) in [6.45, 7) is 7.62. The van der Waals surface area contributed by atoms with E-state index in [0.29, 0.717) is 17.0 Å². The third-order valence-electron chi connectivity index (χ3n) is 4.43. The second-order valence-corrected chi connectivity index (χ2v) is 6.93. The lowest BCUT2D eigenvalue weighted by atomic mass is 10.0. The van der Waals surface area contributed by atoms with Gasteiger partial charge in [-0.15, -0.1) is 0 Å². The van der Waals surface area contributed by atoms with Crippen LogP contribution in [0.25, 0.3) is 6.08 Å². The van der Waals surface area contributed by atoms with Crippen molar-refractivity contribution in [3.05, 3.63) is 64.7 Å². The summed E-state index contributed by atoms with van der Waals surface area (Å²) >= 11 is 0. The summed E-state index contributed by atoms with van der Waals surface area (Å²) in [4.78, 5) is 38.7. The van der Waals surface area contributed by atoms with Crippen LogP contribution in [0.15, 0.2) is 48.0 Å². The van der Waals surface area contributed by atoms with E-state index >= 15 is 0 Å². The number of benzene rings is 2. The fourth-order valence-electron chi connectivity index (χ4n) is 2.87. The minimum absolute atomic E-state index is 0.0657. The van der Waals surface area contributed by atoms with Gasteiger partial charge in [0.05, 0.1) is 11.8 Å². The van der Waals surface area contributed by atoms with Crippen LogP contribution in [-0.4, -0.2) is 23.9 Å². The molecule has 0 aromatic heterocycles. The molecule has 0 unspecified atom stereocenters. The van der Waals surface area contributed by atoms with Crippen molar-refractivity contribution in [2.24, 2.45) is 0 Å². The number of urea groups is 1. The van der Waals surface area contributed by atoms with Crippen LogP contribution in [0, 0.1) is 13.8 Å². The molecule has 1 heterocycles. The molecule has 0 radical (unpaired) electrons. The van der Waals surface area contributed by atoms with Gasteiger partial charge in [0.25, 0.3) is 11.8 Å². The first-order valence-corrected chi connectivity index (χ1v) is 9.02. The maximum atomic E-state index is 13.0. The summed E-state index contributed by atoms with van der Waals surface area (Å²) in [5.41, 5.74) is 2.86. The first kappa shape index (κ1) is 19.4. The molecule has 0 saturated carbocycles. The maximum Gasteiger partial charge on any atom is 0.335 e. The Labute approximate surface area is 163 Å². The van der Waals surface area contributed by atoms with Crippen LogP contribution in [0.2, 0.25) is 0 Å². The Morgan fingerprint density at radius 2 is 1.71 bits per heavy atom. The summed E-state index contributed by atoms with van der Waals surface area (Å²) in [6, 6.07) is 11.6. The number of rotatable bonds is 4. The van der Waals surface area contributed by atoms with Gasteiger partial charge in [0.2, 0.25) is 0 Å². The van der Waals surface area contributed by atoms with Crippen molar-refractivity contribution in [1.29, 1.82) is 0 Å². The van der Waals surface area contributed by atoms with Crippen LogP contribution in [0.1, 0.15) is 30.5 Å². The summed E-state index contributed by atoms with van der Waals surface area (Å²) in [5, 5.41) is 2.24. The molecular weight excluding hydrogens is 356 g/mol. The van der Waals surface area contributed by atoms with E-state index in [1.54, 1.807) is 30.3 Å². The molecule has 1 saturated heterocycles. The van der Waals surface area contributed by atoms with Crippen molar-refractivity contribution in [2.45, 2.75) is 33.8 Å². The maximum absolute atomic E-state index is 13.0. The number of carbonyl (C=O) groups is 3. The molecule has 4 amide bonds. The number of hydrogen-bond donors (Lipinski definition) is 1. The molecule has 1 aliphatic heterocycles. The quantitative estimate of drug-likeness (QED) is 0.649. The van der Waals surface area contributed by atoms with Gasteiger partial charge in [0.1, 0.15) is 11.3 Å². The Kier molecular flexibility index (Phi) is 5.31. The molecule has 2 aromatic rings. The molecular formula is C22H22N2O4. The predicted molar refractivity (Wildman–Crippen MR) is 107 cm³/mol. The van der Waals surface area contributed by atoms with E-state index < -0.39 is 17.8 Å². The van der Waals surface area contributed by atoms with Gasteiger partial charge in [-0.2, -0.15) is 0 Å². The molecule has 2 aromatic carbocycles. The van der Waals surface area contributed by atoms with Crippen LogP contribution in [0.4, 0.5) is 10.5 Å². The lowest BCUT2D eigenvalue weighted by Crippen LogP contribution is -2.54. The highest BCUT2D eigenvalue weighted by molar-refractivity contribution is 6.39. The van der Waals surface area contributed by atoms with Crippen LogP contribution < -0.4 is 15.0 Å². The molecule has 0 atom stereocenters. The first-order chi connectivity index (χ1) is 13.3.